The molecule has 6 aromatic carbocycles. The van der Waals surface area contributed by atoms with Crippen molar-refractivity contribution in [3.63, 3.8) is 0 Å². The highest BCUT2D eigenvalue weighted by atomic mass is 15.3. The molecule has 0 amide bonds. The molecule has 5 aliphatic rings. The van der Waals surface area contributed by atoms with E-state index in [1.165, 1.54) is 81.3 Å². The monoisotopic (exact) mass is 709 g/mol. The summed E-state index contributed by atoms with van der Waals surface area (Å²) in [7, 11) is 0. The van der Waals surface area contributed by atoms with E-state index in [9.17, 15) is 0 Å². The minimum Gasteiger partial charge on any atom is -0.350 e. The Morgan fingerprint density at radius 2 is 1.18 bits per heavy atom. The largest absolute Gasteiger partial charge is 0.350 e. The van der Waals surface area contributed by atoms with Crippen molar-refractivity contribution in [1.82, 2.24) is 10.6 Å². The highest BCUT2D eigenvalue weighted by Crippen LogP contribution is 2.67. The highest BCUT2D eigenvalue weighted by Gasteiger charge is 2.57. The van der Waals surface area contributed by atoms with Crippen LogP contribution < -0.4 is 10.6 Å². The molecule has 3 heteroatoms. The number of hydrogen-bond donors (Lipinski definition) is 2. The van der Waals surface area contributed by atoms with Gasteiger partial charge in [0.25, 0.3) is 0 Å². The van der Waals surface area contributed by atoms with E-state index in [4.69, 9.17) is 4.99 Å². The molecule has 4 aliphatic carbocycles. The number of allylic oxidation sites excluding steroid dienone is 6. The van der Waals surface area contributed by atoms with Gasteiger partial charge in [0.15, 0.2) is 0 Å². The average molecular weight is 710 g/mol. The molecular weight excluding hydrogens is 667 g/mol. The maximum atomic E-state index is 5.23. The van der Waals surface area contributed by atoms with Gasteiger partial charge in [-0.1, -0.05) is 163 Å². The summed E-state index contributed by atoms with van der Waals surface area (Å²) in [5.74, 6) is 1.28. The van der Waals surface area contributed by atoms with E-state index >= 15 is 0 Å². The SMILES string of the molecule is C1=C(c2cccc(-c3cccc(C4N=C(c5ccccc5)NC(c5ccccc5)N4)c3)c2)CC2C(=C1)c1ccccc1C21C2=C(CCCC2)c2ccccc21. The van der Waals surface area contributed by atoms with Crippen LogP contribution in [0.4, 0.5) is 0 Å². The van der Waals surface area contributed by atoms with Gasteiger partial charge in [-0.05, 0) is 111 Å². The van der Waals surface area contributed by atoms with Gasteiger partial charge in [0.1, 0.15) is 18.2 Å². The summed E-state index contributed by atoms with van der Waals surface area (Å²) in [5, 5.41) is 7.45. The van der Waals surface area contributed by atoms with Gasteiger partial charge in [-0.25, -0.2) is 4.99 Å². The van der Waals surface area contributed by atoms with E-state index in [1.807, 2.05) is 0 Å². The Morgan fingerprint density at radius 3 is 2.02 bits per heavy atom. The zero-order valence-corrected chi connectivity index (χ0v) is 30.9. The lowest BCUT2D eigenvalue weighted by Gasteiger charge is -2.40. The predicted octanol–water partition coefficient (Wildman–Crippen LogP) is 11.8. The van der Waals surface area contributed by atoms with Gasteiger partial charge in [0.05, 0.1) is 5.41 Å². The van der Waals surface area contributed by atoms with Crippen LogP contribution in [0.5, 0.6) is 0 Å². The quantitative estimate of drug-likeness (QED) is 0.187. The summed E-state index contributed by atoms with van der Waals surface area (Å²) in [6, 6.07) is 57.9. The van der Waals surface area contributed by atoms with Crippen LogP contribution in [-0.2, 0) is 5.41 Å². The Hall–Kier alpha value is -6.03. The van der Waals surface area contributed by atoms with Crippen molar-refractivity contribution in [3.8, 4) is 11.1 Å². The van der Waals surface area contributed by atoms with Crippen LogP contribution in [0.3, 0.4) is 0 Å². The van der Waals surface area contributed by atoms with Gasteiger partial charge in [-0.3, -0.25) is 5.32 Å². The maximum Gasteiger partial charge on any atom is 0.131 e. The average Bonchev–Trinajstić information content (AvgIpc) is 3.74. The van der Waals surface area contributed by atoms with E-state index in [-0.39, 0.29) is 17.7 Å². The van der Waals surface area contributed by atoms with Crippen molar-refractivity contribution < 1.29 is 0 Å². The summed E-state index contributed by atoms with van der Waals surface area (Å²) in [4.78, 5) is 5.23. The molecule has 0 fully saturated rings. The second-order valence-corrected chi connectivity index (χ2v) is 15.7. The summed E-state index contributed by atoms with van der Waals surface area (Å²) in [6.07, 6.45) is 10.6. The topological polar surface area (TPSA) is 36.4 Å². The minimum absolute atomic E-state index is 0.0700. The number of benzene rings is 6. The van der Waals surface area contributed by atoms with Crippen LogP contribution in [0.25, 0.3) is 27.8 Å². The molecule has 0 radical (unpaired) electrons. The predicted molar refractivity (Wildman–Crippen MR) is 226 cm³/mol. The summed E-state index contributed by atoms with van der Waals surface area (Å²) in [5.41, 5.74) is 19.3. The summed E-state index contributed by atoms with van der Waals surface area (Å²) < 4.78 is 0. The molecule has 266 valence electrons. The highest BCUT2D eigenvalue weighted by molar-refractivity contribution is 5.99. The molecule has 1 aliphatic heterocycles. The normalized spacial score (nSPS) is 23.5. The molecule has 6 aromatic rings. The van der Waals surface area contributed by atoms with Crippen molar-refractivity contribution in [2.45, 2.75) is 49.9 Å². The second kappa shape index (κ2) is 13.1. The molecule has 11 rings (SSSR count). The Morgan fingerprint density at radius 1 is 0.545 bits per heavy atom. The lowest BCUT2D eigenvalue weighted by molar-refractivity contribution is 0.409. The van der Waals surface area contributed by atoms with Gasteiger partial charge in [-0.2, -0.15) is 0 Å². The molecule has 55 heavy (non-hydrogen) atoms. The Bertz CT molecular complexity index is 2590. The summed E-state index contributed by atoms with van der Waals surface area (Å²) >= 11 is 0. The molecule has 2 N–H and O–H groups in total. The standard InChI is InChI=1S/C52H43N3/c1-3-15-34(16-4-1)49-53-50(35-17-5-2-6-18-35)55-51(54-49)40-22-14-21-38(32-40)36-19-13-20-37(31-36)39-29-30-44-43-25-9-12-28-47(43)52(48(44)33-39)45-26-10-7-23-41(45)42-24-8-11-27-46(42)52/h1-7,9-10,12-23,25-26,28-32,48-49,51,54H,8,11,24,27,33H2,(H,53,55). The fourth-order valence-corrected chi connectivity index (χ4v) is 10.5. The molecule has 4 unspecified atom stereocenters. The number of nitrogens with one attached hydrogen (secondary N) is 2. The first-order valence-electron chi connectivity index (χ1n) is 20.0. The van der Waals surface area contributed by atoms with Crippen molar-refractivity contribution in [1.29, 1.82) is 0 Å². The number of amidine groups is 1. The molecule has 4 atom stereocenters. The molecule has 1 heterocycles. The first kappa shape index (κ1) is 32.4. The number of fused-ring (bicyclic) bond motifs is 9. The zero-order chi connectivity index (χ0) is 36.3. The lowest BCUT2D eigenvalue weighted by atomic mass is 9.62. The van der Waals surface area contributed by atoms with Gasteiger partial charge in [0.2, 0.25) is 0 Å². The first-order chi connectivity index (χ1) is 27.3. The van der Waals surface area contributed by atoms with Crippen molar-refractivity contribution in [3.05, 3.63) is 220 Å². The molecule has 3 nitrogen and oxygen atoms in total. The van der Waals surface area contributed by atoms with Crippen molar-refractivity contribution >= 4 is 22.6 Å². The fraction of sp³-hybridized carbons (Fsp3) is 0.173. The van der Waals surface area contributed by atoms with E-state index in [2.05, 4.69) is 181 Å². The number of aliphatic imine (C=N–C) groups is 1. The van der Waals surface area contributed by atoms with Crippen LogP contribution in [0.2, 0.25) is 0 Å². The fourth-order valence-electron chi connectivity index (χ4n) is 10.5. The van der Waals surface area contributed by atoms with Crippen LogP contribution in [0, 0.1) is 5.92 Å². The second-order valence-electron chi connectivity index (χ2n) is 15.7. The minimum atomic E-state index is -0.206. The van der Waals surface area contributed by atoms with Crippen LogP contribution in [0.1, 0.15) is 88.9 Å². The van der Waals surface area contributed by atoms with Crippen molar-refractivity contribution in [2.75, 3.05) is 0 Å². The molecular formula is C52H43N3. The van der Waals surface area contributed by atoms with Gasteiger partial charge in [-0.15, -0.1) is 0 Å². The van der Waals surface area contributed by atoms with E-state index in [1.54, 1.807) is 11.1 Å². The number of hydrogen-bond acceptors (Lipinski definition) is 3. The Balaban J connectivity index is 0.953. The van der Waals surface area contributed by atoms with E-state index in [0.717, 1.165) is 23.4 Å². The zero-order valence-electron chi connectivity index (χ0n) is 30.9. The number of nitrogens with zero attached hydrogens (tertiary/aromatic N) is 1. The molecule has 0 aromatic heterocycles. The van der Waals surface area contributed by atoms with Gasteiger partial charge >= 0.3 is 0 Å². The third-order valence-corrected chi connectivity index (χ3v) is 12.9. The van der Waals surface area contributed by atoms with Gasteiger partial charge in [0, 0.05) is 11.5 Å². The Kier molecular flexibility index (Phi) is 7.70. The smallest absolute Gasteiger partial charge is 0.131 e. The van der Waals surface area contributed by atoms with Gasteiger partial charge < -0.3 is 5.32 Å². The Labute approximate surface area is 323 Å². The summed E-state index contributed by atoms with van der Waals surface area (Å²) in [6.45, 7) is 0. The van der Waals surface area contributed by atoms with E-state index < -0.39 is 0 Å². The van der Waals surface area contributed by atoms with Crippen molar-refractivity contribution in [2.24, 2.45) is 10.9 Å². The number of rotatable bonds is 5. The molecule has 1 spiro atoms. The third kappa shape index (κ3) is 5.17. The lowest BCUT2D eigenvalue weighted by Crippen LogP contribution is -2.44. The molecule has 0 bridgehead atoms. The molecule has 0 saturated carbocycles. The van der Waals surface area contributed by atoms with E-state index in [0.29, 0.717) is 5.92 Å². The first-order valence-corrected chi connectivity index (χ1v) is 20.0. The van der Waals surface area contributed by atoms with Crippen LogP contribution in [-0.4, -0.2) is 5.84 Å². The van der Waals surface area contributed by atoms with Crippen LogP contribution in [0.15, 0.2) is 180 Å². The van der Waals surface area contributed by atoms with Crippen LogP contribution >= 0.6 is 0 Å². The molecule has 0 saturated heterocycles. The third-order valence-electron chi connectivity index (χ3n) is 12.9. The maximum absolute atomic E-state index is 5.23.